The summed E-state index contributed by atoms with van der Waals surface area (Å²) in [5, 5.41) is 3.43. The molecule has 3 nitrogen and oxygen atoms in total. The van der Waals surface area contributed by atoms with Crippen molar-refractivity contribution in [1.29, 1.82) is 0 Å². The predicted octanol–water partition coefficient (Wildman–Crippen LogP) is 0.0387. The molecule has 1 N–H and O–H groups in total. The van der Waals surface area contributed by atoms with E-state index in [2.05, 4.69) is 10.5 Å². The number of rotatable bonds is 3. The standard InChI is InChI=1S/C3H6N2OS/c1-7-3-5-4-2-6/h2-3H,1H3,(H,4,6)/b5-3-. The highest BCUT2D eigenvalue weighted by Gasteiger charge is 1.62. The zero-order valence-corrected chi connectivity index (χ0v) is 4.73. The van der Waals surface area contributed by atoms with Crippen molar-refractivity contribution in [2.75, 3.05) is 6.26 Å². The van der Waals surface area contributed by atoms with E-state index in [1.54, 1.807) is 0 Å². The quantitative estimate of drug-likeness (QED) is 0.246. The predicted molar refractivity (Wildman–Crippen MR) is 31.2 cm³/mol. The van der Waals surface area contributed by atoms with E-state index in [0.717, 1.165) is 0 Å². The van der Waals surface area contributed by atoms with Crippen molar-refractivity contribution in [3.05, 3.63) is 0 Å². The SMILES string of the molecule is CS/C=N\NC=O. The average Bonchev–Trinajstić information content (AvgIpc) is 1.69. The Bertz CT molecular complexity index is 73.3. The largest absolute Gasteiger partial charge is 0.277 e. The lowest BCUT2D eigenvalue weighted by molar-refractivity contribution is -0.109. The summed E-state index contributed by atoms with van der Waals surface area (Å²) in [5.41, 5.74) is 3.65. The summed E-state index contributed by atoms with van der Waals surface area (Å²) in [6.45, 7) is 0. The van der Waals surface area contributed by atoms with E-state index in [1.165, 1.54) is 17.3 Å². The summed E-state index contributed by atoms with van der Waals surface area (Å²) in [6, 6.07) is 0. The molecule has 40 valence electrons. The van der Waals surface area contributed by atoms with Gasteiger partial charge in [0.25, 0.3) is 0 Å². The van der Waals surface area contributed by atoms with Crippen LogP contribution < -0.4 is 5.43 Å². The number of carbonyl (C=O) groups is 1. The van der Waals surface area contributed by atoms with Gasteiger partial charge in [-0.05, 0) is 6.26 Å². The van der Waals surface area contributed by atoms with Crippen LogP contribution in [0.3, 0.4) is 0 Å². The lowest BCUT2D eigenvalue weighted by Crippen LogP contribution is -1.98. The molecule has 0 saturated heterocycles. The summed E-state index contributed by atoms with van der Waals surface area (Å²) >= 11 is 1.43. The molecule has 0 atom stereocenters. The molecule has 0 fully saturated rings. The van der Waals surface area contributed by atoms with Crippen LogP contribution in [0.1, 0.15) is 0 Å². The molecule has 0 bridgehead atoms. The number of amides is 1. The second-order valence-corrected chi connectivity index (χ2v) is 1.40. The second kappa shape index (κ2) is 5.49. The number of thioether (sulfide) groups is 1. The van der Waals surface area contributed by atoms with Gasteiger partial charge in [0.1, 0.15) is 0 Å². The highest BCUT2D eigenvalue weighted by atomic mass is 32.2. The fraction of sp³-hybridized carbons (Fsp3) is 0.333. The monoisotopic (exact) mass is 118 g/mol. The minimum atomic E-state index is 0.521. The van der Waals surface area contributed by atoms with Gasteiger partial charge < -0.3 is 0 Å². The molecule has 0 aliphatic rings. The molecule has 0 radical (unpaired) electrons. The van der Waals surface area contributed by atoms with E-state index in [-0.39, 0.29) is 0 Å². The molecule has 4 heteroatoms. The normalized spacial score (nSPS) is 9.29. The third-order valence-corrected chi connectivity index (χ3v) is 0.602. The van der Waals surface area contributed by atoms with Crippen LogP contribution in [0, 0.1) is 0 Å². The summed E-state index contributed by atoms with van der Waals surface area (Å²) in [7, 11) is 0. The highest BCUT2D eigenvalue weighted by molar-refractivity contribution is 8.11. The number of nitrogens with one attached hydrogen (secondary N) is 1. The summed E-state index contributed by atoms with van der Waals surface area (Å²) < 4.78 is 0. The first-order valence-electron chi connectivity index (χ1n) is 1.65. The number of hydrazone groups is 1. The Morgan fingerprint density at radius 1 is 1.86 bits per heavy atom. The van der Waals surface area contributed by atoms with Crippen molar-refractivity contribution in [2.45, 2.75) is 0 Å². The molecule has 0 unspecified atom stereocenters. The number of hydrogen-bond acceptors (Lipinski definition) is 3. The fourth-order valence-electron chi connectivity index (χ4n) is 0.114. The molecule has 0 aromatic carbocycles. The van der Waals surface area contributed by atoms with Gasteiger partial charge in [0.2, 0.25) is 6.41 Å². The first kappa shape index (κ1) is 6.49. The highest BCUT2D eigenvalue weighted by Crippen LogP contribution is 1.78. The topological polar surface area (TPSA) is 41.5 Å². The van der Waals surface area contributed by atoms with Crippen LogP contribution in [-0.2, 0) is 4.79 Å². The molecule has 0 aromatic rings. The van der Waals surface area contributed by atoms with E-state index in [4.69, 9.17) is 0 Å². The smallest absolute Gasteiger partial charge is 0.227 e. The van der Waals surface area contributed by atoms with Gasteiger partial charge in [0.15, 0.2) is 0 Å². The Morgan fingerprint density at radius 3 is 3.00 bits per heavy atom. The van der Waals surface area contributed by atoms with Gasteiger partial charge in [-0.15, -0.1) is 11.8 Å². The Kier molecular flexibility index (Phi) is 5.09. The number of nitrogens with zero attached hydrogens (tertiary/aromatic N) is 1. The van der Waals surface area contributed by atoms with Crippen LogP contribution in [0.25, 0.3) is 0 Å². The Hall–Kier alpha value is -0.510. The molecule has 1 amide bonds. The lowest BCUT2D eigenvalue weighted by atomic mass is 11.4. The van der Waals surface area contributed by atoms with Crippen molar-refractivity contribution in [3.63, 3.8) is 0 Å². The Labute approximate surface area is 46.2 Å². The van der Waals surface area contributed by atoms with Crippen molar-refractivity contribution < 1.29 is 4.79 Å². The molecule has 0 rings (SSSR count). The summed E-state index contributed by atoms with van der Waals surface area (Å²) in [4.78, 5) is 9.45. The summed E-state index contributed by atoms with van der Waals surface area (Å²) in [6.07, 6.45) is 2.38. The van der Waals surface area contributed by atoms with Crippen LogP contribution in [0.15, 0.2) is 5.10 Å². The van der Waals surface area contributed by atoms with E-state index in [0.29, 0.717) is 6.41 Å². The Balaban J connectivity index is 2.92. The molecule has 0 saturated carbocycles. The third kappa shape index (κ3) is 5.49. The summed E-state index contributed by atoms with van der Waals surface area (Å²) in [5.74, 6) is 0. The molecule has 0 aliphatic carbocycles. The number of carbonyl (C=O) groups excluding carboxylic acids is 1. The molecular formula is C3H6N2OS. The van der Waals surface area contributed by atoms with Crippen molar-refractivity contribution >= 4 is 23.7 Å². The third-order valence-electron chi connectivity index (χ3n) is 0.285. The van der Waals surface area contributed by atoms with Crippen LogP contribution in [0.5, 0.6) is 0 Å². The Morgan fingerprint density at radius 2 is 2.57 bits per heavy atom. The van der Waals surface area contributed by atoms with Gasteiger partial charge in [0.05, 0.1) is 5.55 Å². The van der Waals surface area contributed by atoms with Gasteiger partial charge in [-0.25, -0.2) is 5.43 Å². The average molecular weight is 118 g/mol. The molecule has 0 aliphatic heterocycles. The van der Waals surface area contributed by atoms with Crippen LogP contribution in [0.2, 0.25) is 0 Å². The van der Waals surface area contributed by atoms with Crippen LogP contribution >= 0.6 is 11.8 Å². The maximum Gasteiger partial charge on any atom is 0.227 e. The maximum absolute atomic E-state index is 9.45. The van der Waals surface area contributed by atoms with Gasteiger partial charge in [0, 0.05) is 0 Å². The molecule has 0 aromatic heterocycles. The molecular weight excluding hydrogens is 112 g/mol. The van der Waals surface area contributed by atoms with Crippen molar-refractivity contribution in [1.82, 2.24) is 5.43 Å². The fourth-order valence-corrected chi connectivity index (χ4v) is 0.280. The zero-order valence-electron chi connectivity index (χ0n) is 3.92. The van der Waals surface area contributed by atoms with E-state index in [1.807, 2.05) is 6.26 Å². The number of hydrogen-bond donors (Lipinski definition) is 1. The van der Waals surface area contributed by atoms with Crippen LogP contribution in [-0.4, -0.2) is 18.2 Å². The van der Waals surface area contributed by atoms with Gasteiger partial charge in [-0.1, -0.05) is 0 Å². The van der Waals surface area contributed by atoms with E-state index in [9.17, 15) is 4.79 Å². The molecule has 7 heavy (non-hydrogen) atoms. The first-order chi connectivity index (χ1) is 3.41. The van der Waals surface area contributed by atoms with Gasteiger partial charge in [-0.3, -0.25) is 4.79 Å². The van der Waals surface area contributed by atoms with Crippen molar-refractivity contribution in [3.8, 4) is 0 Å². The lowest BCUT2D eigenvalue weighted by Gasteiger charge is -1.78. The van der Waals surface area contributed by atoms with E-state index < -0.39 is 0 Å². The zero-order chi connectivity index (χ0) is 5.54. The van der Waals surface area contributed by atoms with Crippen molar-refractivity contribution in [2.24, 2.45) is 5.10 Å². The second-order valence-electron chi connectivity index (χ2n) is 0.717. The minimum absolute atomic E-state index is 0.521. The van der Waals surface area contributed by atoms with Crippen LogP contribution in [0.4, 0.5) is 0 Å². The van der Waals surface area contributed by atoms with E-state index >= 15 is 0 Å². The first-order valence-corrected chi connectivity index (χ1v) is 2.94. The van der Waals surface area contributed by atoms with Gasteiger partial charge in [-0.2, -0.15) is 5.10 Å². The minimum Gasteiger partial charge on any atom is -0.277 e. The van der Waals surface area contributed by atoms with Gasteiger partial charge >= 0.3 is 0 Å². The molecule has 0 spiro atoms. The molecule has 0 heterocycles. The maximum atomic E-state index is 9.45.